The molecule has 6 heteroatoms. The standard InChI is InChI=1S/C13H15Cl2NO3/c1-2-3-9(7-12(17)18)16-13(19)10-5-4-8(14)6-11(10)15/h4-6,9H,2-3,7H2,1H3,(H,16,19)(H,17,18). The summed E-state index contributed by atoms with van der Waals surface area (Å²) < 4.78 is 0. The van der Waals surface area contributed by atoms with Gasteiger partial charge in [0.15, 0.2) is 0 Å². The van der Waals surface area contributed by atoms with Gasteiger partial charge in [0.2, 0.25) is 0 Å². The van der Waals surface area contributed by atoms with E-state index in [1.165, 1.54) is 12.1 Å². The van der Waals surface area contributed by atoms with Crippen molar-refractivity contribution in [3.8, 4) is 0 Å². The molecule has 0 spiro atoms. The van der Waals surface area contributed by atoms with Gasteiger partial charge in [-0.3, -0.25) is 9.59 Å². The number of benzene rings is 1. The third-order valence-electron chi connectivity index (χ3n) is 2.57. The first-order chi connectivity index (χ1) is 8.93. The number of carbonyl (C=O) groups excluding carboxylic acids is 1. The number of halogens is 2. The molecule has 1 aromatic carbocycles. The molecule has 19 heavy (non-hydrogen) atoms. The lowest BCUT2D eigenvalue weighted by Gasteiger charge is -2.16. The van der Waals surface area contributed by atoms with Crippen molar-refractivity contribution in [1.82, 2.24) is 5.32 Å². The number of hydrogen-bond acceptors (Lipinski definition) is 2. The van der Waals surface area contributed by atoms with Gasteiger partial charge in [0, 0.05) is 11.1 Å². The van der Waals surface area contributed by atoms with Crippen molar-refractivity contribution in [1.29, 1.82) is 0 Å². The van der Waals surface area contributed by atoms with Crippen LogP contribution in [0.3, 0.4) is 0 Å². The lowest BCUT2D eigenvalue weighted by atomic mass is 10.1. The predicted octanol–water partition coefficient (Wildman–Crippen LogP) is 3.37. The molecule has 1 atom stereocenters. The largest absolute Gasteiger partial charge is 0.481 e. The Morgan fingerprint density at radius 2 is 2.05 bits per heavy atom. The predicted molar refractivity (Wildman–Crippen MR) is 74.9 cm³/mol. The van der Waals surface area contributed by atoms with Crippen LogP contribution < -0.4 is 5.32 Å². The summed E-state index contributed by atoms with van der Waals surface area (Å²) in [5, 5.41) is 12.2. The van der Waals surface area contributed by atoms with Crippen molar-refractivity contribution in [2.75, 3.05) is 0 Å². The molecule has 1 rings (SSSR count). The monoisotopic (exact) mass is 303 g/mol. The fourth-order valence-corrected chi connectivity index (χ4v) is 2.22. The lowest BCUT2D eigenvalue weighted by Crippen LogP contribution is -2.36. The van der Waals surface area contributed by atoms with Gasteiger partial charge in [0.05, 0.1) is 17.0 Å². The van der Waals surface area contributed by atoms with Crippen LogP contribution in [0.2, 0.25) is 10.0 Å². The average molecular weight is 304 g/mol. The molecule has 1 unspecified atom stereocenters. The molecule has 0 saturated carbocycles. The second kappa shape index (κ2) is 7.36. The fourth-order valence-electron chi connectivity index (χ4n) is 1.72. The van der Waals surface area contributed by atoms with E-state index in [1.54, 1.807) is 6.07 Å². The molecule has 2 N–H and O–H groups in total. The zero-order valence-corrected chi connectivity index (χ0v) is 12.0. The second-order valence-electron chi connectivity index (χ2n) is 4.18. The molecule has 0 fully saturated rings. The quantitative estimate of drug-likeness (QED) is 0.847. The lowest BCUT2D eigenvalue weighted by molar-refractivity contribution is -0.137. The Hall–Kier alpha value is -1.26. The fraction of sp³-hybridized carbons (Fsp3) is 0.385. The highest BCUT2D eigenvalue weighted by Crippen LogP contribution is 2.21. The van der Waals surface area contributed by atoms with Gasteiger partial charge in [-0.2, -0.15) is 0 Å². The van der Waals surface area contributed by atoms with E-state index >= 15 is 0 Å². The van der Waals surface area contributed by atoms with Crippen LogP contribution >= 0.6 is 23.2 Å². The van der Waals surface area contributed by atoms with Crippen molar-refractivity contribution in [2.24, 2.45) is 0 Å². The van der Waals surface area contributed by atoms with Gasteiger partial charge >= 0.3 is 5.97 Å². The number of nitrogens with one attached hydrogen (secondary N) is 1. The minimum Gasteiger partial charge on any atom is -0.481 e. The van der Waals surface area contributed by atoms with Crippen LogP contribution in [-0.4, -0.2) is 23.0 Å². The van der Waals surface area contributed by atoms with E-state index in [9.17, 15) is 9.59 Å². The third-order valence-corrected chi connectivity index (χ3v) is 3.12. The van der Waals surface area contributed by atoms with E-state index in [4.69, 9.17) is 28.3 Å². The molecule has 0 aliphatic carbocycles. The highest BCUT2D eigenvalue weighted by atomic mass is 35.5. The van der Waals surface area contributed by atoms with Crippen LogP contribution in [0.15, 0.2) is 18.2 Å². The van der Waals surface area contributed by atoms with Crippen molar-refractivity contribution in [2.45, 2.75) is 32.2 Å². The maximum atomic E-state index is 12.0. The first-order valence-electron chi connectivity index (χ1n) is 5.91. The molecular formula is C13H15Cl2NO3. The number of rotatable bonds is 6. The maximum Gasteiger partial charge on any atom is 0.305 e. The molecule has 0 radical (unpaired) electrons. The van der Waals surface area contributed by atoms with Gasteiger partial charge in [0.1, 0.15) is 0 Å². The summed E-state index contributed by atoms with van der Waals surface area (Å²) in [7, 11) is 0. The molecule has 0 bridgehead atoms. The average Bonchev–Trinajstić information content (AvgIpc) is 2.27. The molecule has 0 saturated heterocycles. The first-order valence-corrected chi connectivity index (χ1v) is 6.67. The van der Waals surface area contributed by atoms with E-state index in [0.29, 0.717) is 11.4 Å². The highest BCUT2D eigenvalue weighted by Gasteiger charge is 2.17. The zero-order chi connectivity index (χ0) is 14.4. The minimum absolute atomic E-state index is 0.106. The zero-order valence-electron chi connectivity index (χ0n) is 10.5. The highest BCUT2D eigenvalue weighted by molar-refractivity contribution is 6.36. The molecule has 0 aromatic heterocycles. The number of carboxylic acids is 1. The molecule has 0 aliphatic heterocycles. The maximum absolute atomic E-state index is 12.0. The minimum atomic E-state index is -0.944. The Kier molecular flexibility index (Phi) is 6.12. The van der Waals surface area contributed by atoms with Gasteiger partial charge in [-0.15, -0.1) is 0 Å². The summed E-state index contributed by atoms with van der Waals surface area (Å²) in [6.07, 6.45) is 1.28. The molecule has 1 amide bonds. The molecule has 104 valence electrons. The van der Waals surface area contributed by atoms with Crippen LogP contribution in [0.4, 0.5) is 0 Å². The topological polar surface area (TPSA) is 66.4 Å². The first kappa shape index (κ1) is 15.8. The Balaban J connectivity index is 2.78. The molecule has 0 aliphatic rings. The smallest absolute Gasteiger partial charge is 0.305 e. The summed E-state index contributed by atoms with van der Waals surface area (Å²) in [5.41, 5.74) is 0.289. The van der Waals surface area contributed by atoms with Crippen molar-refractivity contribution in [3.63, 3.8) is 0 Å². The number of amides is 1. The number of carbonyl (C=O) groups is 2. The number of aliphatic carboxylic acids is 1. The normalized spacial score (nSPS) is 11.9. The molecule has 1 aromatic rings. The Morgan fingerprint density at radius 1 is 1.37 bits per heavy atom. The molecule has 0 heterocycles. The molecular weight excluding hydrogens is 289 g/mol. The van der Waals surface area contributed by atoms with Crippen molar-refractivity contribution >= 4 is 35.1 Å². The van der Waals surface area contributed by atoms with Gasteiger partial charge in [-0.25, -0.2) is 0 Å². The summed E-state index contributed by atoms with van der Waals surface area (Å²) in [5.74, 6) is -1.33. The van der Waals surface area contributed by atoms with Gasteiger partial charge in [-0.05, 0) is 24.6 Å². The van der Waals surface area contributed by atoms with Gasteiger partial charge in [0.25, 0.3) is 5.91 Å². The van der Waals surface area contributed by atoms with Crippen molar-refractivity contribution in [3.05, 3.63) is 33.8 Å². The van der Waals surface area contributed by atoms with Crippen LogP contribution in [0.25, 0.3) is 0 Å². The van der Waals surface area contributed by atoms with E-state index in [-0.39, 0.29) is 22.9 Å². The van der Waals surface area contributed by atoms with Crippen LogP contribution in [0, 0.1) is 0 Å². The van der Waals surface area contributed by atoms with Gasteiger partial charge < -0.3 is 10.4 Å². The Bertz CT molecular complexity index is 477. The second-order valence-corrected chi connectivity index (χ2v) is 5.02. The summed E-state index contributed by atoms with van der Waals surface area (Å²) in [6, 6.07) is 4.16. The number of carboxylic acid groups (broad SMARTS) is 1. The summed E-state index contributed by atoms with van der Waals surface area (Å²) in [4.78, 5) is 22.7. The van der Waals surface area contributed by atoms with E-state index in [1.807, 2.05) is 6.92 Å². The third kappa shape index (κ3) is 5.09. The van der Waals surface area contributed by atoms with Crippen LogP contribution in [-0.2, 0) is 4.79 Å². The van der Waals surface area contributed by atoms with Crippen LogP contribution in [0.5, 0.6) is 0 Å². The molecule has 4 nitrogen and oxygen atoms in total. The number of hydrogen-bond donors (Lipinski definition) is 2. The van der Waals surface area contributed by atoms with Crippen LogP contribution in [0.1, 0.15) is 36.5 Å². The summed E-state index contributed by atoms with van der Waals surface area (Å²) >= 11 is 11.7. The van der Waals surface area contributed by atoms with E-state index < -0.39 is 12.0 Å². The SMILES string of the molecule is CCCC(CC(=O)O)NC(=O)c1ccc(Cl)cc1Cl. The van der Waals surface area contributed by atoms with E-state index in [0.717, 1.165) is 6.42 Å². The Morgan fingerprint density at radius 3 is 2.58 bits per heavy atom. The Labute approximate surface area is 121 Å². The van der Waals surface area contributed by atoms with E-state index in [2.05, 4.69) is 5.32 Å². The summed E-state index contributed by atoms with van der Waals surface area (Å²) in [6.45, 7) is 1.93. The van der Waals surface area contributed by atoms with Crippen molar-refractivity contribution < 1.29 is 14.7 Å². The van der Waals surface area contributed by atoms with Gasteiger partial charge in [-0.1, -0.05) is 36.5 Å².